The maximum atomic E-state index is 12.5. The summed E-state index contributed by atoms with van der Waals surface area (Å²) in [6.45, 7) is 2.70. The van der Waals surface area contributed by atoms with Crippen molar-refractivity contribution in [1.29, 1.82) is 0 Å². The van der Waals surface area contributed by atoms with Crippen LogP contribution in [-0.2, 0) is 4.79 Å². The maximum Gasteiger partial charge on any atom is 0.237 e. The van der Waals surface area contributed by atoms with E-state index in [1.807, 2.05) is 18.2 Å². The lowest BCUT2D eigenvalue weighted by Gasteiger charge is -2.31. The van der Waals surface area contributed by atoms with Gasteiger partial charge in [-0.25, -0.2) is 0 Å². The van der Waals surface area contributed by atoms with Gasteiger partial charge in [0.1, 0.15) is 6.10 Å². The van der Waals surface area contributed by atoms with E-state index in [-0.39, 0.29) is 18.6 Å². The summed E-state index contributed by atoms with van der Waals surface area (Å²) in [6, 6.07) is 8.16. The third kappa shape index (κ3) is 5.03. The number of carbonyl (C=O) groups is 1. The van der Waals surface area contributed by atoms with Gasteiger partial charge < -0.3 is 20.8 Å². The molecule has 1 aromatic rings. The van der Waals surface area contributed by atoms with Crippen LogP contribution < -0.4 is 10.6 Å². The molecule has 1 aliphatic rings. The van der Waals surface area contributed by atoms with Crippen LogP contribution in [0.2, 0.25) is 0 Å². The van der Waals surface area contributed by atoms with E-state index in [9.17, 15) is 15.0 Å². The molecule has 1 heterocycles. The zero-order valence-corrected chi connectivity index (χ0v) is 13.7. The lowest BCUT2D eigenvalue weighted by molar-refractivity contribution is -0.126. The highest BCUT2D eigenvalue weighted by Gasteiger charge is 2.29. The lowest BCUT2D eigenvalue weighted by Crippen LogP contribution is -2.53. The molecule has 0 aliphatic carbocycles. The smallest absolute Gasteiger partial charge is 0.237 e. The Morgan fingerprint density at radius 2 is 2.13 bits per heavy atom. The van der Waals surface area contributed by atoms with Crippen LogP contribution in [0.3, 0.4) is 0 Å². The second kappa shape index (κ2) is 9.01. The fourth-order valence-corrected chi connectivity index (χ4v) is 3.26. The third-order valence-corrected chi connectivity index (χ3v) is 4.57. The Balaban J connectivity index is 1.94. The molecule has 1 aromatic carbocycles. The minimum atomic E-state index is -0.917. The van der Waals surface area contributed by atoms with Crippen molar-refractivity contribution in [3.8, 4) is 0 Å². The summed E-state index contributed by atoms with van der Waals surface area (Å²) in [5, 5.41) is 26.0. The molecule has 128 valence electrons. The number of aliphatic hydroxyl groups excluding tert-OH is 2. The molecule has 0 bridgehead atoms. The van der Waals surface area contributed by atoms with Crippen molar-refractivity contribution in [2.24, 2.45) is 5.92 Å². The van der Waals surface area contributed by atoms with Gasteiger partial charge in [-0.1, -0.05) is 50.1 Å². The minimum absolute atomic E-state index is 0.139. The Bertz CT molecular complexity index is 478. The summed E-state index contributed by atoms with van der Waals surface area (Å²) >= 11 is 0. The first kappa shape index (κ1) is 17.9. The average Bonchev–Trinajstić information content (AvgIpc) is 2.60. The van der Waals surface area contributed by atoms with Crippen molar-refractivity contribution >= 4 is 5.91 Å². The van der Waals surface area contributed by atoms with Gasteiger partial charge in [-0.3, -0.25) is 4.79 Å². The Morgan fingerprint density at radius 3 is 2.78 bits per heavy atom. The van der Waals surface area contributed by atoms with Crippen LogP contribution in [0.1, 0.15) is 44.3 Å². The summed E-state index contributed by atoms with van der Waals surface area (Å²) in [4.78, 5) is 12.5. The molecule has 0 aromatic heterocycles. The molecular weight excluding hydrogens is 292 g/mol. The van der Waals surface area contributed by atoms with Crippen LogP contribution in [-0.4, -0.2) is 41.4 Å². The predicted octanol–water partition coefficient (Wildman–Crippen LogP) is 1.37. The van der Waals surface area contributed by atoms with E-state index in [0.717, 1.165) is 32.2 Å². The van der Waals surface area contributed by atoms with E-state index < -0.39 is 12.1 Å². The van der Waals surface area contributed by atoms with Gasteiger partial charge >= 0.3 is 0 Å². The molecule has 1 fully saturated rings. The van der Waals surface area contributed by atoms with Crippen LogP contribution in [0.25, 0.3) is 0 Å². The molecule has 2 rings (SSSR count). The number of aliphatic hydroxyl groups is 2. The highest BCUT2D eigenvalue weighted by Crippen LogP contribution is 2.22. The number of carbonyl (C=O) groups excluding carboxylic acids is 1. The van der Waals surface area contributed by atoms with E-state index in [1.54, 1.807) is 12.1 Å². The van der Waals surface area contributed by atoms with Gasteiger partial charge in [-0.2, -0.15) is 0 Å². The molecule has 0 radical (unpaired) electrons. The van der Waals surface area contributed by atoms with Gasteiger partial charge in [0.15, 0.2) is 0 Å². The van der Waals surface area contributed by atoms with E-state index in [2.05, 4.69) is 17.6 Å². The standard InChI is InChI=1S/C18H28N2O3/c1-2-6-13-9-10-19-15(11-13)18(23)20-16(12-21)17(22)14-7-4-3-5-8-14/h3-5,7-8,13,15-17,19,21-22H,2,6,9-12H2,1H3,(H,20,23)/t13-,15+,16-,17-/m0/s1. The highest BCUT2D eigenvalue weighted by molar-refractivity contribution is 5.82. The predicted molar refractivity (Wildman–Crippen MR) is 89.8 cm³/mol. The summed E-state index contributed by atoms with van der Waals surface area (Å²) < 4.78 is 0. The van der Waals surface area contributed by atoms with Crippen LogP contribution >= 0.6 is 0 Å². The van der Waals surface area contributed by atoms with E-state index in [4.69, 9.17) is 0 Å². The summed E-state index contributed by atoms with van der Waals surface area (Å²) in [5.41, 5.74) is 0.687. The molecule has 1 saturated heterocycles. The van der Waals surface area contributed by atoms with Gasteiger partial charge in [0.05, 0.1) is 18.7 Å². The van der Waals surface area contributed by atoms with Crippen molar-refractivity contribution in [2.45, 2.75) is 50.8 Å². The zero-order chi connectivity index (χ0) is 16.7. The monoisotopic (exact) mass is 320 g/mol. The van der Waals surface area contributed by atoms with Gasteiger partial charge in [-0.05, 0) is 30.9 Å². The molecule has 0 saturated carbocycles. The average molecular weight is 320 g/mol. The number of nitrogens with one attached hydrogen (secondary N) is 2. The quantitative estimate of drug-likeness (QED) is 0.611. The lowest BCUT2D eigenvalue weighted by atomic mass is 9.88. The number of piperidine rings is 1. The highest BCUT2D eigenvalue weighted by atomic mass is 16.3. The van der Waals surface area contributed by atoms with E-state index >= 15 is 0 Å². The van der Waals surface area contributed by atoms with Crippen LogP contribution in [0.15, 0.2) is 30.3 Å². The molecule has 0 unspecified atom stereocenters. The van der Waals surface area contributed by atoms with Crippen molar-refractivity contribution in [3.63, 3.8) is 0 Å². The van der Waals surface area contributed by atoms with Gasteiger partial charge in [0.2, 0.25) is 5.91 Å². The number of hydrogen-bond donors (Lipinski definition) is 4. The van der Waals surface area contributed by atoms with E-state index in [1.165, 1.54) is 0 Å². The largest absolute Gasteiger partial charge is 0.394 e. The van der Waals surface area contributed by atoms with Crippen molar-refractivity contribution in [3.05, 3.63) is 35.9 Å². The molecule has 4 atom stereocenters. The summed E-state index contributed by atoms with van der Waals surface area (Å²) in [7, 11) is 0. The molecule has 0 spiro atoms. The number of benzene rings is 1. The number of hydrogen-bond acceptors (Lipinski definition) is 4. The van der Waals surface area contributed by atoms with E-state index in [0.29, 0.717) is 11.5 Å². The molecular formula is C18H28N2O3. The van der Waals surface area contributed by atoms with Crippen LogP contribution in [0.5, 0.6) is 0 Å². The second-order valence-corrected chi connectivity index (χ2v) is 6.34. The Labute approximate surface area is 138 Å². The normalized spacial score (nSPS) is 24.0. The molecule has 23 heavy (non-hydrogen) atoms. The van der Waals surface area contributed by atoms with Crippen molar-refractivity contribution in [1.82, 2.24) is 10.6 Å². The fraction of sp³-hybridized carbons (Fsp3) is 0.611. The van der Waals surface area contributed by atoms with Crippen LogP contribution in [0, 0.1) is 5.92 Å². The minimum Gasteiger partial charge on any atom is -0.394 e. The fourth-order valence-electron chi connectivity index (χ4n) is 3.26. The van der Waals surface area contributed by atoms with Crippen LogP contribution in [0.4, 0.5) is 0 Å². The summed E-state index contributed by atoms with van der Waals surface area (Å²) in [5.74, 6) is 0.434. The maximum absolute atomic E-state index is 12.5. The zero-order valence-electron chi connectivity index (χ0n) is 13.7. The Kier molecular flexibility index (Phi) is 7.02. The first-order valence-electron chi connectivity index (χ1n) is 8.53. The number of amides is 1. The summed E-state index contributed by atoms with van der Waals surface area (Å²) in [6.07, 6.45) is 3.28. The Morgan fingerprint density at radius 1 is 1.39 bits per heavy atom. The van der Waals surface area contributed by atoms with Gasteiger partial charge in [-0.15, -0.1) is 0 Å². The number of rotatable bonds is 7. The molecule has 1 aliphatic heterocycles. The SMILES string of the molecule is CCC[C@H]1CCN[C@@H](C(=O)N[C@@H](CO)[C@@H](O)c2ccccc2)C1. The Hall–Kier alpha value is -1.43. The molecule has 4 N–H and O–H groups in total. The first-order chi connectivity index (χ1) is 11.2. The van der Waals surface area contributed by atoms with Gasteiger partial charge in [0, 0.05) is 0 Å². The van der Waals surface area contributed by atoms with Crippen molar-refractivity contribution < 1.29 is 15.0 Å². The molecule has 1 amide bonds. The topological polar surface area (TPSA) is 81.6 Å². The molecule has 5 heteroatoms. The van der Waals surface area contributed by atoms with Crippen molar-refractivity contribution in [2.75, 3.05) is 13.2 Å². The third-order valence-electron chi connectivity index (χ3n) is 4.57. The first-order valence-corrected chi connectivity index (χ1v) is 8.53. The second-order valence-electron chi connectivity index (χ2n) is 6.34. The molecule has 5 nitrogen and oxygen atoms in total. The van der Waals surface area contributed by atoms with Gasteiger partial charge in [0.25, 0.3) is 0 Å².